The van der Waals surface area contributed by atoms with Crippen molar-refractivity contribution in [3.63, 3.8) is 0 Å². The van der Waals surface area contributed by atoms with Crippen molar-refractivity contribution in [3.8, 4) is 17.0 Å². The summed E-state index contributed by atoms with van der Waals surface area (Å²) in [6, 6.07) is 17.1. The number of anilines is 1. The number of amides is 1. The highest BCUT2D eigenvalue weighted by molar-refractivity contribution is 7.13. The molecule has 1 amide bonds. The van der Waals surface area contributed by atoms with E-state index in [0.29, 0.717) is 22.0 Å². The number of thiazole rings is 1. The lowest BCUT2D eigenvalue weighted by atomic mass is 10.0. The van der Waals surface area contributed by atoms with Gasteiger partial charge in [0, 0.05) is 22.4 Å². The van der Waals surface area contributed by atoms with E-state index in [-0.39, 0.29) is 5.91 Å². The fourth-order valence-corrected chi connectivity index (χ4v) is 3.54. The summed E-state index contributed by atoms with van der Waals surface area (Å²) in [4.78, 5) is 22.0. The minimum Gasteiger partial charge on any atom is -0.497 e. The van der Waals surface area contributed by atoms with E-state index in [4.69, 9.17) is 9.72 Å². The number of pyridine rings is 1. The quantitative estimate of drug-likeness (QED) is 0.549. The van der Waals surface area contributed by atoms with E-state index in [1.807, 2.05) is 66.9 Å². The smallest absolute Gasteiger partial charge is 0.258 e. The third-order valence-corrected chi connectivity index (χ3v) is 5.05. The van der Waals surface area contributed by atoms with E-state index in [1.165, 1.54) is 11.3 Å². The highest BCUT2D eigenvalue weighted by atomic mass is 32.1. The molecule has 0 aliphatic carbocycles. The topological polar surface area (TPSA) is 64.1 Å². The maximum absolute atomic E-state index is 13.0. The SMILES string of the molecule is COc1ccc2c(C(=O)Nc3nc(C)cs3)cc(-c3ccccc3)nc2c1. The first-order valence-corrected chi connectivity index (χ1v) is 9.30. The van der Waals surface area contributed by atoms with Crippen LogP contribution in [0.4, 0.5) is 5.13 Å². The maximum atomic E-state index is 13.0. The average molecular weight is 375 g/mol. The number of carbonyl (C=O) groups excluding carboxylic acids is 1. The van der Waals surface area contributed by atoms with Gasteiger partial charge in [0.05, 0.1) is 29.6 Å². The number of aromatic nitrogens is 2. The van der Waals surface area contributed by atoms with Crippen molar-refractivity contribution in [1.29, 1.82) is 0 Å². The van der Waals surface area contributed by atoms with Crippen LogP contribution in [-0.4, -0.2) is 23.0 Å². The molecule has 2 aromatic carbocycles. The van der Waals surface area contributed by atoms with Crippen LogP contribution >= 0.6 is 11.3 Å². The number of methoxy groups -OCH3 is 1. The fraction of sp³-hybridized carbons (Fsp3) is 0.0952. The third kappa shape index (κ3) is 3.52. The second kappa shape index (κ2) is 7.17. The number of ether oxygens (including phenoxy) is 1. The van der Waals surface area contributed by atoms with Gasteiger partial charge >= 0.3 is 0 Å². The number of rotatable bonds is 4. The minimum absolute atomic E-state index is 0.209. The lowest BCUT2D eigenvalue weighted by Crippen LogP contribution is -2.13. The van der Waals surface area contributed by atoms with E-state index in [9.17, 15) is 4.79 Å². The van der Waals surface area contributed by atoms with Gasteiger partial charge < -0.3 is 4.74 Å². The molecule has 0 bridgehead atoms. The highest BCUT2D eigenvalue weighted by Gasteiger charge is 2.16. The molecule has 2 aromatic heterocycles. The summed E-state index contributed by atoms with van der Waals surface area (Å²) in [5.41, 5.74) is 3.81. The van der Waals surface area contributed by atoms with Gasteiger partial charge in [-0.05, 0) is 25.1 Å². The predicted molar refractivity (Wildman–Crippen MR) is 109 cm³/mol. The summed E-state index contributed by atoms with van der Waals surface area (Å²) in [6.07, 6.45) is 0. The molecule has 0 radical (unpaired) electrons. The molecular weight excluding hydrogens is 358 g/mol. The van der Waals surface area contributed by atoms with Crippen molar-refractivity contribution in [2.75, 3.05) is 12.4 Å². The monoisotopic (exact) mass is 375 g/mol. The lowest BCUT2D eigenvalue weighted by Gasteiger charge is -2.11. The zero-order chi connectivity index (χ0) is 18.8. The summed E-state index contributed by atoms with van der Waals surface area (Å²) < 4.78 is 5.32. The van der Waals surface area contributed by atoms with Gasteiger partial charge in [-0.3, -0.25) is 10.1 Å². The second-order valence-corrected chi connectivity index (χ2v) is 6.91. The van der Waals surface area contributed by atoms with Crippen molar-refractivity contribution in [3.05, 3.63) is 71.2 Å². The zero-order valence-corrected chi connectivity index (χ0v) is 15.7. The van der Waals surface area contributed by atoms with Crippen LogP contribution in [0.1, 0.15) is 16.1 Å². The normalized spacial score (nSPS) is 10.7. The summed E-state index contributed by atoms with van der Waals surface area (Å²) in [6.45, 7) is 1.90. The molecule has 0 aliphatic rings. The number of nitrogens with one attached hydrogen (secondary N) is 1. The van der Waals surface area contributed by atoms with Crippen molar-refractivity contribution >= 4 is 33.3 Å². The van der Waals surface area contributed by atoms with Crippen LogP contribution in [0.3, 0.4) is 0 Å². The Hall–Kier alpha value is -3.25. The minimum atomic E-state index is -0.209. The van der Waals surface area contributed by atoms with Crippen molar-refractivity contribution in [2.24, 2.45) is 0 Å². The molecule has 5 nitrogen and oxygen atoms in total. The summed E-state index contributed by atoms with van der Waals surface area (Å²) >= 11 is 1.41. The molecule has 27 heavy (non-hydrogen) atoms. The molecule has 134 valence electrons. The second-order valence-electron chi connectivity index (χ2n) is 6.05. The first-order chi connectivity index (χ1) is 13.1. The van der Waals surface area contributed by atoms with Gasteiger partial charge in [0.15, 0.2) is 5.13 Å². The number of carbonyl (C=O) groups is 1. The van der Waals surface area contributed by atoms with Gasteiger partial charge in [-0.2, -0.15) is 0 Å². The molecule has 4 rings (SSSR count). The third-order valence-electron chi connectivity index (χ3n) is 4.17. The van der Waals surface area contributed by atoms with Crippen LogP contribution in [-0.2, 0) is 0 Å². The Balaban J connectivity index is 1.85. The fourth-order valence-electron chi connectivity index (χ4n) is 2.86. The highest BCUT2D eigenvalue weighted by Crippen LogP contribution is 2.28. The first kappa shape index (κ1) is 17.2. The van der Waals surface area contributed by atoms with Crippen LogP contribution in [0, 0.1) is 6.92 Å². The van der Waals surface area contributed by atoms with Gasteiger partial charge in [0.1, 0.15) is 5.75 Å². The van der Waals surface area contributed by atoms with E-state index in [0.717, 1.165) is 22.3 Å². The first-order valence-electron chi connectivity index (χ1n) is 8.42. The van der Waals surface area contributed by atoms with Crippen LogP contribution in [0.15, 0.2) is 60.0 Å². The molecule has 0 aliphatic heterocycles. The Morgan fingerprint density at radius 2 is 1.89 bits per heavy atom. The zero-order valence-electron chi connectivity index (χ0n) is 14.9. The van der Waals surface area contributed by atoms with Crippen LogP contribution < -0.4 is 10.1 Å². The number of benzene rings is 2. The van der Waals surface area contributed by atoms with Gasteiger partial charge in [-0.25, -0.2) is 9.97 Å². The molecule has 0 saturated heterocycles. The predicted octanol–water partition coefficient (Wildman–Crippen LogP) is 4.93. The number of hydrogen-bond acceptors (Lipinski definition) is 5. The van der Waals surface area contributed by atoms with E-state index in [1.54, 1.807) is 7.11 Å². The molecule has 4 aromatic rings. The standard InChI is InChI=1S/C21H17N3O2S/c1-13-12-27-21(22-13)24-20(25)17-11-18(14-6-4-3-5-7-14)23-19-10-15(26-2)8-9-16(17)19/h3-12H,1-2H3,(H,22,24,25). The van der Waals surface area contributed by atoms with Gasteiger partial charge in [0.2, 0.25) is 0 Å². The molecule has 0 spiro atoms. The van der Waals surface area contributed by atoms with Crippen molar-refractivity contribution < 1.29 is 9.53 Å². The molecule has 6 heteroatoms. The molecule has 0 saturated carbocycles. The lowest BCUT2D eigenvalue weighted by molar-refractivity contribution is 0.102. The van der Waals surface area contributed by atoms with Crippen molar-refractivity contribution in [2.45, 2.75) is 6.92 Å². The van der Waals surface area contributed by atoms with Gasteiger partial charge in [-0.15, -0.1) is 11.3 Å². The summed E-state index contributed by atoms with van der Waals surface area (Å²) in [5.74, 6) is 0.487. The Morgan fingerprint density at radius 1 is 1.07 bits per heavy atom. The summed E-state index contributed by atoms with van der Waals surface area (Å²) in [5, 5.41) is 6.14. The van der Waals surface area contributed by atoms with Crippen LogP contribution in [0.2, 0.25) is 0 Å². The van der Waals surface area contributed by atoms with Gasteiger partial charge in [-0.1, -0.05) is 30.3 Å². The Bertz CT molecular complexity index is 1120. The largest absolute Gasteiger partial charge is 0.497 e. The maximum Gasteiger partial charge on any atom is 0.258 e. The Labute approximate surface area is 160 Å². The molecule has 0 fully saturated rings. The van der Waals surface area contributed by atoms with E-state index < -0.39 is 0 Å². The van der Waals surface area contributed by atoms with Crippen LogP contribution in [0.25, 0.3) is 22.2 Å². The molecular formula is C21H17N3O2S. The number of hydrogen-bond donors (Lipinski definition) is 1. The van der Waals surface area contributed by atoms with E-state index >= 15 is 0 Å². The van der Waals surface area contributed by atoms with Crippen molar-refractivity contribution in [1.82, 2.24) is 9.97 Å². The molecule has 1 N–H and O–H groups in total. The van der Waals surface area contributed by atoms with Crippen LogP contribution in [0.5, 0.6) is 5.75 Å². The Kier molecular flexibility index (Phi) is 4.56. The molecule has 0 atom stereocenters. The van der Waals surface area contributed by atoms with E-state index in [2.05, 4.69) is 10.3 Å². The average Bonchev–Trinajstić information content (AvgIpc) is 3.11. The molecule has 2 heterocycles. The Morgan fingerprint density at radius 3 is 2.59 bits per heavy atom. The summed E-state index contributed by atoms with van der Waals surface area (Å²) in [7, 11) is 1.61. The van der Waals surface area contributed by atoms with Gasteiger partial charge in [0.25, 0.3) is 5.91 Å². The number of aryl methyl sites for hydroxylation is 1. The number of fused-ring (bicyclic) bond motifs is 1. The molecule has 0 unspecified atom stereocenters. The number of nitrogens with zero attached hydrogens (tertiary/aromatic N) is 2.